The third kappa shape index (κ3) is 2.81. The molecule has 0 radical (unpaired) electrons. The van der Waals surface area contributed by atoms with E-state index in [0.717, 1.165) is 17.7 Å². The molecule has 1 heterocycles. The first-order valence-electron chi connectivity index (χ1n) is 6.28. The summed E-state index contributed by atoms with van der Waals surface area (Å²) < 4.78 is 0. The van der Waals surface area contributed by atoms with Crippen LogP contribution in [0.15, 0.2) is 65.7 Å². The average molecular weight is 243 g/mol. The average Bonchev–Trinajstić information content (AvgIpc) is 3.01. The molecule has 1 heteroatoms. The van der Waals surface area contributed by atoms with E-state index in [-0.39, 0.29) is 0 Å². The van der Waals surface area contributed by atoms with Gasteiger partial charge in [0.25, 0.3) is 0 Å². The number of rotatable bonds is 1. The van der Waals surface area contributed by atoms with Crippen molar-refractivity contribution in [1.82, 2.24) is 0 Å². The number of hydrogen-bond donors (Lipinski definition) is 0. The maximum absolute atomic E-state index is 4.19. The molecule has 3 rings (SSSR count). The summed E-state index contributed by atoms with van der Waals surface area (Å²) in [5.74, 6) is 6.34. The van der Waals surface area contributed by atoms with Gasteiger partial charge in [0.15, 0.2) is 0 Å². The van der Waals surface area contributed by atoms with Crippen LogP contribution in [0.25, 0.3) is 5.57 Å². The van der Waals surface area contributed by atoms with Gasteiger partial charge in [-0.15, -0.1) is 0 Å². The first kappa shape index (κ1) is 11.5. The molecule has 90 valence electrons. The Hall–Kier alpha value is -2.59. The Kier molecular flexibility index (Phi) is 3.25. The Morgan fingerprint density at radius 3 is 2.11 bits per heavy atom. The molecule has 0 saturated heterocycles. The van der Waals surface area contributed by atoms with Gasteiger partial charge in [-0.05, 0) is 41.5 Å². The molecule has 0 unspecified atom stereocenters. The lowest BCUT2D eigenvalue weighted by molar-refractivity contribution is 1.30. The van der Waals surface area contributed by atoms with E-state index in [1.807, 2.05) is 36.5 Å². The van der Waals surface area contributed by atoms with Gasteiger partial charge in [-0.25, -0.2) is 0 Å². The number of hydrogen-bond acceptors (Lipinski definition) is 1. The first-order valence-corrected chi connectivity index (χ1v) is 6.28. The number of allylic oxidation sites excluding steroid dienone is 1. The highest BCUT2D eigenvalue weighted by Gasteiger charge is 2.02. The third-order valence-corrected chi connectivity index (χ3v) is 3.02. The Bertz CT molecular complexity index is 680. The van der Waals surface area contributed by atoms with Crippen molar-refractivity contribution in [1.29, 1.82) is 0 Å². The predicted molar refractivity (Wildman–Crippen MR) is 80.2 cm³/mol. The number of benzene rings is 2. The largest absolute Gasteiger partial charge is 0.288 e. The van der Waals surface area contributed by atoms with Crippen molar-refractivity contribution in [2.75, 3.05) is 6.54 Å². The summed E-state index contributed by atoms with van der Waals surface area (Å²) in [7, 11) is 0. The van der Waals surface area contributed by atoms with Gasteiger partial charge in [0.1, 0.15) is 0 Å². The molecule has 1 aliphatic rings. The van der Waals surface area contributed by atoms with E-state index in [1.54, 1.807) is 0 Å². The zero-order chi connectivity index (χ0) is 12.9. The van der Waals surface area contributed by atoms with Gasteiger partial charge < -0.3 is 0 Å². The molecule has 0 saturated carbocycles. The van der Waals surface area contributed by atoms with Gasteiger partial charge in [-0.3, -0.25) is 4.99 Å². The van der Waals surface area contributed by atoms with Gasteiger partial charge in [0, 0.05) is 17.3 Å². The van der Waals surface area contributed by atoms with Crippen molar-refractivity contribution >= 4 is 11.8 Å². The van der Waals surface area contributed by atoms with E-state index in [1.165, 1.54) is 11.1 Å². The summed E-state index contributed by atoms with van der Waals surface area (Å²) in [6.45, 7) is 0.787. The quantitative estimate of drug-likeness (QED) is 0.679. The molecular formula is C18H13N. The molecule has 0 spiro atoms. The minimum atomic E-state index is 0.787. The molecule has 1 aliphatic heterocycles. The zero-order valence-corrected chi connectivity index (χ0v) is 10.5. The maximum Gasteiger partial charge on any atom is 0.0646 e. The van der Waals surface area contributed by atoms with Crippen LogP contribution in [0.4, 0.5) is 0 Å². The molecule has 0 aliphatic carbocycles. The lowest BCUT2D eigenvalue weighted by Gasteiger charge is -2.00. The topological polar surface area (TPSA) is 12.4 Å². The second-order valence-corrected chi connectivity index (χ2v) is 4.38. The highest BCUT2D eigenvalue weighted by Crippen LogP contribution is 2.17. The summed E-state index contributed by atoms with van der Waals surface area (Å²) in [4.78, 5) is 4.19. The standard InChI is InChI=1S/C18H13N/c1-2-4-15(5-3-1)6-7-16-8-10-17(11-9-16)18-12-13-19-14-18/h1-5,8-13H,14H2. The molecule has 0 atom stereocenters. The Balaban J connectivity index is 1.78. The highest BCUT2D eigenvalue weighted by molar-refractivity contribution is 5.89. The predicted octanol–water partition coefficient (Wildman–Crippen LogP) is 3.55. The van der Waals surface area contributed by atoms with E-state index in [2.05, 4.69) is 47.2 Å². The van der Waals surface area contributed by atoms with E-state index in [4.69, 9.17) is 0 Å². The van der Waals surface area contributed by atoms with Crippen LogP contribution in [0.2, 0.25) is 0 Å². The van der Waals surface area contributed by atoms with Crippen LogP contribution >= 0.6 is 0 Å². The molecule has 0 bridgehead atoms. The summed E-state index contributed by atoms with van der Waals surface area (Å²) >= 11 is 0. The number of aliphatic imine (C=N–C) groups is 1. The minimum absolute atomic E-state index is 0.787. The molecule has 2 aromatic carbocycles. The molecule has 0 amide bonds. The van der Waals surface area contributed by atoms with Crippen molar-refractivity contribution < 1.29 is 0 Å². The lowest BCUT2D eigenvalue weighted by atomic mass is 10.0. The fourth-order valence-electron chi connectivity index (χ4n) is 1.97. The van der Waals surface area contributed by atoms with Crippen LogP contribution in [0.3, 0.4) is 0 Å². The fourth-order valence-corrected chi connectivity index (χ4v) is 1.97. The molecular weight excluding hydrogens is 230 g/mol. The second kappa shape index (κ2) is 5.37. The van der Waals surface area contributed by atoms with Crippen LogP contribution in [-0.4, -0.2) is 12.8 Å². The SMILES string of the molecule is C(#Cc1ccc(C2=CC=NC2)cc1)c1ccccc1. The Labute approximate surface area is 113 Å². The van der Waals surface area contributed by atoms with Crippen molar-refractivity contribution in [3.8, 4) is 11.8 Å². The normalized spacial score (nSPS) is 12.7. The Morgan fingerprint density at radius 2 is 1.47 bits per heavy atom. The van der Waals surface area contributed by atoms with E-state index in [9.17, 15) is 0 Å². The van der Waals surface area contributed by atoms with Gasteiger partial charge in [0.2, 0.25) is 0 Å². The van der Waals surface area contributed by atoms with Crippen molar-refractivity contribution in [3.63, 3.8) is 0 Å². The summed E-state index contributed by atoms with van der Waals surface area (Å²) in [5, 5.41) is 0. The van der Waals surface area contributed by atoms with Gasteiger partial charge >= 0.3 is 0 Å². The molecule has 0 fully saturated rings. The van der Waals surface area contributed by atoms with E-state index in [0.29, 0.717) is 0 Å². The fraction of sp³-hybridized carbons (Fsp3) is 0.0556. The first-order chi connectivity index (χ1) is 9.42. The van der Waals surface area contributed by atoms with E-state index >= 15 is 0 Å². The molecule has 0 aromatic heterocycles. The van der Waals surface area contributed by atoms with E-state index < -0.39 is 0 Å². The van der Waals surface area contributed by atoms with Crippen molar-refractivity contribution in [2.24, 2.45) is 4.99 Å². The zero-order valence-electron chi connectivity index (χ0n) is 10.5. The van der Waals surface area contributed by atoms with Gasteiger partial charge in [-0.2, -0.15) is 0 Å². The second-order valence-electron chi connectivity index (χ2n) is 4.38. The van der Waals surface area contributed by atoms with Crippen molar-refractivity contribution in [3.05, 3.63) is 77.4 Å². The molecule has 0 N–H and O–H groups in total. The maximum atomic E-state index is 4.19. The van der Waals surface area contributed by atoms with Crippen LogP contribution in [-0.2, 0) is 0 Å². The van der Waals surface area contributed by atoms with Crippen LogP contribution in [0, 0.1) is 11.8 Å². The lowest BCUT2D eigenvalue weighted by Crippen LogP contribution is -1.85. The Morgan fingerprint density at radius 1 is 0.789 bits per heavy atom. The molecule has 19 heavy (non-hydrogen) atoms. The van der Waals surface area contributed by atoms with Crippen LogP contribution in [0.1, 0.15) is 16.7 Å². The van der Waals surface area contributed by atoms with Gasteiger partial charge in [0.05, 0.1) is 6.54 Å². The monoisotopic (exact) mass is 243 g/mol. The smallest absolute Gasteiger partial charge is 0.0646 e. The molecule has 1 nitrogen and oxygen atoms in total. The highest BCUT2D eigenvalue weighted by atomic mass is 14.7. The van der Waals surface area contributed by atoms with Crippen molar-refractivity contribution in [2.45, 2.75) is 0 Å². The van der Waals surface area contributed by atoms with Crippen LogP contribution in [0.5, 0.6) is 0 Å². The summed E-state index contributed by atoms with van der Waals surface area (Å²) in [6, 6.07) is 18.4. The third-order valence-electron chi connectivity index (χ3n) is 3.02. The van der Waals surface area contributed by atoms with Gasteiger partial charge in [-0.1, -0.05) is 42.2 Å². The molecule has 2 aromatic rings. The minimum Gasteiger partial charge on any atom is -0.288 e. The summed E-state index contributed by atoms with van der Waals surface area (Å²) in [6.07, 6.45) is 3.92. The summed E-state index contributed by atoms with van der Waals surface area (Å²) in [5.41, 5.74) is 4.57. The number of nitrogens with zero attached hydrogens (tertiary/aromatic N) is 1. The van der Waals surface area contributed by atoms with Crippen LogP contribution < -0.4 is 0 Å².